The third-order valence-electron chi connectivity index (χ3n) is 5.29. The lowest BCUT2D eigenvalue weighted by molar-refractivity contribution is -0.118. The van der Waals surface area contributed by atoms with Crippen molar-refractivity contribution >= 4 is 28.6 Å². The van der Waals surface area contributed by atoms with E-state index in [1.54, 1.807) is 11.8 Å². The van der Waals surface area contributed by atoms with Crippen LogP contribution in [0.4, 0.5) is 0 Å². The molecule has 1 aromatic heterocycles. The Morgan fingerprint density at radius 3 is 2.52 bits per heavy atom. The van der Waals surface area contributed by atoms with Crippen molar-refractivity contribution in [2.24, 2.45) is 0 Å². The van der Waals surface area contributed by atoms with Gasteiger partial charge in [0.25, 0.3) is 0 Å². The second-order valence-corrected chi connectivity index (χ2v) is 8.34. The number of fused-ring (bicyclic) bond motifs is 1. The zero-order valence-electron chi connectivity index (χ0n) is 17.0. The van der Waals surface area contributed by atoms with Gasteiger partial charge in [0.2, 0.25) is 5.91 Å². The predicted octanol–water partition coefficient (Wildman–Crippen LogP) is 5.22. The normalized spacial score (nSPS) is 11.7. The number of thioether (sulfide) groups is 1. The average molecular weight is 426 g/mol. The first kappa shape index (κ1) is 20.8. The Morgan fingerprint density at radius 1 is 1.00 bits per heavy atom. The molecule has 1 amide bonds. The summed E-state index contributed by atoms with van der Waals surface area (Å²) in [5, 5.41) is 13.2. The summed E-state index contributed by atoms with van der Waals surface area (Å²) < 4.78 is 0. The van der Waals surface area contributed by atoms with E-state index in [0.717, 1.165) is 16.8 Å². The van der Waals surface area contributed by atoms with E-state index in [1.165, 1.54) is 16.5 Å². The third kappa shape index (κ3) is 5.17. The Kier molecular flexibility index (Phi) is 6.71. The standard InChI is InChI=1S/C26H23N3OS/c27-14-19-10-12-20(13-11-19)17-31-18-26(30)29-15-23(21-6-2-1-3-7-21)24-16-28-25-9-5-4-8-22(24)25/h1-13,16,23,28H,15,17-18H2,(H,29,30). The highest BCUT2D eigenvalue weighted by Gasteiger charge is 2.18. The molecule has 31 heavy (non-hydrogen) atoms. The number of nitriles is 1. The number of nitrogens with one attached hydrogen (secondary N) is 2. The van der Waals surface area contributed by atoms with Crippen LogP contribution in [0.5, 0.6) is 0 Å². The van der Waals surface area contributed by atoms with Crippen molar-refractivity contribution in [1.82, 2.24) is 10.3 Å². The first-order valence-corrected chi connectivity index (χ1v) is 11.3. The summed E-state index contributed by atoms with van der Waals surface area (Å²) in [7, 11) is 0. The van der Waals surface area contributed by atoms with Gasteiger partial charge in [-0.1, -0.05) is 60.7 Å². The summed E-state index contributed by atoms with van der Waals surface area (Å²) in [4.78, 5) is 15.9. The Bertz CT molecular complexity index is 1190. The molecule has 5 heteroatoms. The molecule has 0 aliphatic rings. The SMILES string of the molecule is N#Cc1ccc(CSCC(=O)NCC(c2ccccc2)c2c[nH]c3ccccc23)cc1. The van der Waals surface area contributed by atoms with Crippen LogP contribution in [-0.2, 0) is 10.5 Å². The quantitative estimate of drug-likeness (QED) is 0.407. The second kappa shape index (κ2) is 10.0. The minimum absolute atomic E-state index is 0.0272. The highest BCUT2D eigenvalue weighted by molar-refractivity contribution is 7.99. The van der Waals surface area contributed by atoms with Crippen LogP contribution in [0.2, 0.25) is 0 Å². The number of aromatic nitrogens is 1. The summed E-state index contributed by atoms with van der Waals surface area (Å²) in [6.07, 6.45) is 2.05. The molecule has 0 aliphatic carbocycles. The molecule has 0 bridgehead atoms. The maximum atomic E-state index is 12.5. The lowest BCUT2D eigenvalue weighted by atomic mass is 9.91. The largest absolute Gasteiger partial charge is 0.361 e. The molecular weight excluding hydrogens is 402 g/mol. The zero-order chi connectivity index (χ0) is 21.5. The van der Waals surface area contributed by atoms with Gasteiger partial charge in [-0.05, 0) is 34.9 Å². The van der Waals surface area contributed by atoms with E-state index in [0.29, 0.717) is 17.9 Å². The predicted molar refractivity (Wildman–Crippen MR) is 127 cm³/mol. The number of para-hydroxylation sites is 1. The van der Waals surface area contributed by atoms with Crippen molar-refractivity contribution in [3.63, 3.8) is 0 Å². The van der Waals surface area contributed by atoms with Crippen LogP contribution in [0, 0.1) is 11.3 Å². The molecule has 0 fully saturated rings. The molecule has 154 valence electrons. The van der Waals surface area contributed by atoms with Crippen LogP contribution in [0.15, 0.2) is 85.1 Å². The van der Waals surface area contributed by atoms with Crippen LogP contribution < -0.4 is 5.32 Å². The summed E-state index contributed by atoms with van der Waals surface area (Å²) in [5.74, 6) is 1.24. The number of amides is 1. The van der Waals surface area contributed by atoms with Crippen LogP contribution in [0.25, 0.3) is 10.9 Å². The molecule has 4 nitrogen and oxygen atoms in total. The first-order chi connectivity index (χ1) is 15.2. The fraction of sp³-hybridized carbons (Fsp3) is 0.154. The molecule has 1 heterocycles. The Balaban J connectivity index is 1.39. The number of nitrogens with zero attached hydrogens (tertiary/aromatic N) is 1. The fourth-order valence-electron chi connectivity index (χ4n) is 3.68. The van der Waals surface area contributed by atoms with Gasteiger partial charge in [0, 0.05) is 35.3 Å². The lowest BCUT2D eigenvalue weighted by Gasteiger charge is -2.18. The maximum absolute atomic E-state index is 12.5. The van der Waals surface area contributed by atoms with E-state index >= 15 is 0 Å². The minimum Gasteiger partial charge on any atom is -0.361 e. The smallest absolute Gasteiger partial charge is 0.230 e. The molecular formula is C26H23N3OS. The highest BCUT2D eigenvalue weighted by Crippen LogP contribution is 2.30. The van der Waals surface area contributed by atoms with Gasteiger partial charge in [0.05, 0.1) is 17.4 Å². The molecule has 0 aliphatic heterocycles. The van der Waals surface area contributed by atoms with E-state index in [9.17, 15) is 4.79 Å². The van der Waals surface area contributed by atoms with Crippen molar-refractivity contribution in [1.29, 1.82) is 5.26 Å². The van der Waals surface area contributed by atoms with Crippen molar-refractivity contribution in [3.8, 4) is 6.07 Å². The van der Waals surface area contributed by atoms with Crippen molar-refractivity contribution in [2.75, 3.05) is 12.3 Å². The molecule has 3 aromatic carbocycles. The van der Waals surface area contributed by atoms with Crippen LogP contribution >= 0.6 is 11.8 Å². The number of benzene rings is 3. The van der Waals surface area contributed by atoms with Crippen molar-refractivity contribution < 1.29 is 4.79 Å². The zero-order valence-corrected chi connectivity index (χ0v) is 17.9. The molecule has 0 radical (unpaired) electrons. The van der Waals surface area contributed by atoms with E-state index in [4.69, 9.17) is 5.26 Å². The van der Waals surface area contributed by atoms with Gasteiger partial charge in [-0.3, -0.25) is 4.79 Å². The van der Waals surface area contributed by atoms with E-state index in [1.807, 2.05) is 60.8 Å². The lowest BCUT2D eigenvalue weighted by Crippen LogP contribution is -2.30. The number of H-pyrrole nitrogens is 1. The van der Waals surface area contributed by atoms with Gasteiger partial charge in [0.1, 0.15) is 0 Å². The van der Waals surface area contributed by atoms with Crippen LogP contribution in [-0.4, -0.2) is 23.2 Å². The van der Waals surface area contributed by atoms with E-state index in [-0.39, 0.29) is 11.8 Å². The molecule has 1 atom stereocenters. The van der Waals surface area contributed by atoms with Crippen molar-refractivity contribution in [2.45, 2.75) is 11.7 Å². The monoisotopic (exact) mass is 425 g/mol. The number of hydrogen-bond donors (Lipinski definition) is 2. The summed E-state index contributed by atoms with van der Waals surface area (Å²) in [5.41, 5.74) is 5.22. The van der Waals surface area contributed by atoms with E-state index in [2.05, 4.69) is 40.6 Å². The van der Waals surface area contributed by atoms with Gasteiger partial charge < -0.3 is 10.3 Å². The van der Waals surface area contributed by atoms with Crippen molar-refractivity contribution in [3.05, 3.63) is 107 Å². The molecule has 0 saturated carbocycles. The summed E-state index contributed by atoms with van der Waals surface area (Å²) in [6, 6.07) is 28.1. The van der Waals surface area contributed by atoms with Gasteiger partial charge in [-0.15, -0.1) is 11.8 Å². The number of carbonyl (C=O) groups excluding carboxylic acids is 1. The van der Waals surface area contributed by atoms with Gasteiger partial charge in [-0.25, -0.2) is 0 Å². The summed E-state index contributed by atoms with van der Waals surface area (Å²) >= 11 is 1.57. The molecule has 2 N–H and O–H groups in total. The second-order valence-electron chi connectivity index (χ2n) is 7.36. The summed E-state index contributed by atoms with van der Waals surface area (Å²) in [6.45, 7) is 0.544. The maximum Gasteiger partial charge on any atom is 0.230 e. The third-order valence-corrected chi connectivity index (χ3v) is 6.29. The molecule has 4 aromatic rings. The molecule has 1 unspecified atom stereocenters. The van der Waals surface area contributed by atoms with Crippen LogP contribution in [0.3, 0.4) is 0 Å². The van der Waals surface area contributed by atoms with Gasteiger partial charge in [-0.2, -0.15) is 5.26 Å². The number of carbonyl (C=O) groups is 1. The minimum atomic E-state index is 0.0272. The Morgan fingerprint density at radius 2 is 1.74 bits per heavy atom. The Labute approximate surface area is 186 Å². The molecule has 0 saturated heterocycles. The first-order valence-electron chi connectivity index (χ1n) is 10.2. The number of hydrogen-bond acceptors (Lipinski definition) is 3. The fourth-order valence-corrected chi connectivity index (χ4v) is 4.50. The van der Waals surface area contributed by atoms with Crippen LogP contribution in [0.1, 0.15) is 28.2 Å². The number of rotatable bonds is 8. The Hall–Kier alpha value is -3.49. The van der Waals surface area contributed by atoms with Gasteiger partial charge in [0.15, 0.2) is 0 Å². The molecule has 0 spiro atoms. The molecule has 4 rings (SSSR count). The topological polar surface area (TPSA) is 68.7 Å². The average Bonchev–Trinajstić information content (AvgIpc) is 3.24. The van der Waals surface area contributed by atoms with Gasteiger partial charge >= 0.3 is 0 Å². The number of aromatic amines is 1. The van der Waals surface area contributed by atoms with E-state index < -0.39 is 0 Å². The highest BCUT2D eigenvalue weighted by atomic mass is 32.2.